The Morgan fingerprint density at radius 3 is 2.67 bits per heavy atom. The number of nitrogens with zero attached hydrogens (tertiary/aromatic N) is 1. The smallest absolute Gasteiger partial charge is 0.175 e. The average Bonchev–Trinajstić information content (AvgIpc) is 2.45. The first-order chi connectivity index (χ1) is 9.90. The van der Waals surface area contributed by atoms with E-state index >= 15 is 0 Å². The molecule has 0 bridgehead atoms. The first-order valence-electron chi connectivity index (χ1n) is 6.01. The maximum atomic E-state index is 13.2. The molecular formula is C15H12FNO3S. The van der Waals surface area contributed by atoms with E-state index in [9.17, 15) is 12.8 Å². The van der Waals surface area contributed by atoms with Gasteiger partial charge in [0.25, 0.3) is 0 Å². The maximum Gasteiger partial charge on any atom is 0.175 e. The van der Waals surface area contributed by atoms with Crippen molar-refractivity contribution in [3.05, 3.63) is 59.4 Å². The second kappa shape index (κ2) is 5.94. The summed E-state index contributed by atoms with van der Waals surface area (Å²) in [5.74, 6) is -0.122. The van der Waals surface area contributed by atoms with Gasteiger partial charge in [-0.15, -0.1) is 0 Å². The Morgan fingerprint density at radius 2 is 2.00 bits per heavy atom. The molecule has 4 nitrogen and oxygen atoms in total. The Bertz CT molecular complexity index is 810. The van der Waals surface area contributed by atoms with Gasteiger partial charge in [-0.2, -0.15) is 5.26 Å². The number of hydrogen-bond donors (Lipinski definition) is 0. The third-order valence-corrected chi connectivity index (χ3v) is 3.93. The van der Waals surface area contributed by atoms with Crippen LogP contribution in [0.2, 0.25) is 0 Å². The summed E-state index contributed by atoms with van der Waals surface area (Å²) in [4.78, 5) is 0.139. The molecule has 21 heavy (non-hydrogen) atoms. The third kappa shape index (κ3) is 3.80. The lowest BCUT2D eigenvalue weighted by Gasteiger charge is -2.09. The van der Waals surface area contributed by atoms with Crippen LogP contribution in [0.4, 0.5) is 4.39 Å². The minimum Gasteiger partial charge on any atom is -0.489 e. The largest absolute Gasteiger partial charge is 0.489 e. The zero-order valence-corrected chi connectivity index (χ0v) is 12.0. The lowest BCUT2D eigenvalue weighted by atomic mass is 10.1. The van der Waals surface area contributed by atoms with Crippen LogP contribution < -0.4 is 4.74 Å². The van der Waals surface area contributed by atoms with Gasteiger partial charge >= 0.3 is 0 Å². The predicted molar refractivity (Wildman–Crippen MR) is 75.0 cm³/mol. The first kappa shape index (κ1) is 15.0. The third-order valence-electron chi connectivity index (χ3n) is 2.82. The van der Waals surface area contributed by atoms with Crippen molar-refractivity contribution in [3.63, 3.8) is 0 Å². The van der Waals surface area contributed by atoms with Gasteiger partial charge in [-0.05, 0) is 36.4 Å². The van der Waals surface area contributed by atoms with Gasteiger partial charge in [0.15, 0.2) is 9.84 Å². The van der Waals surface area contributed by atoms with Crippen LogP contribution in [0, 0.1) is 17.1 Å². The minimum absolute atomic E-state index is 0.0200. The molecule has 6 heteroatoms. The number of hydrogen-bond acceptors (Lipinski definition) is 4. The highest BCUT2D eigenvalue weighted by molar-refractivity contribution is 7.90. The molecule has 0 saturated carbocycles. The number of ether oxygens (including phenoxy) is 1. The van der Waals surface area contributed by atoms with E-state index in [1.54, 1.807) is 12.1 Å². The normalized spacial score (nSPS) is 10.9. The quantitative estimate of drug-likeness (QED) is 0.871. The Labute approximate surface area is 122 Å². The molecule has 0 aliphatic carbocycles. The fourth-order valence-corrected chi connectivity index (χ4v) is 2.40. The molecule has 108 valence electrons. The van der Waals surface area contributed by atoms with E-state index < -0.39 is 15.7 Å². The van der Waals surface area contributed by atoms with Crippen LogP contribution >= 0.6 is 0 Å². The Kier molecular flexibility index (Phi) is 4.24. The fourth-order valence-electron chi connectivity index (χ4n) is 1.75. The standard InChI is InChI=1S/C15H12FNO3S/c1-21(18,19)15-4-2-3-14(8-15)20-10-12-7-13(16)6-5-11(12)9-17/h2-8H,10H2,1H3. The number of benzene rings is 2. The van der Waals surface area contributed by atoms with E-state index in [-0.39, 0.29) is 11.5 Å². The van der Waals surface area contributed by atoms with E-state index in [0.29, 0.717) is 16.9 Å². The summed E-state index contributed by atoms with van der Waals surface area (Å²) in [7, 11) is -3.32. The predicted octanol–water partition coefficient (Wildman–Crippen LogP) is 2.68. The van der Waals surface area contributed by atoms with Gasteiger partial charge in [0.05, 0.1) is 16.5 Å². The van der Waals surface area contributed by atoms with Crippen molar-refractivity contribution in [2.45, 2.75) is 11.5 Å². The van der Waals surface area contributed by atoms with E-state index in [2.05, 4.69) is 0 Å². The molecule has 0 aromatic heterocycles. The highest BCUT2D eigenvalue weighted by Crippen LogP contribution is 2.19. The number of halogens is 1. The summed E-state index contributed by atoms with van der Waals surface area (Å²) >= 11 is 0. The van der Waals surface area contributed by atoms with Crippen molar-refractivity contribution in [3.8, 4) is 11.8 Å². The zero-order valence-electron chi connectivity index (χ0n) is 11.2. The van der Waals surface area contributed by atoms with Gasteiger partial charge in [-0.1, -0.05) is 6.07 Å². The maximum absolute atomic E-state index is 13.2. The molecule has 0 unspecified atom stereocenters. The summed E-state index contributed by atoms with van der Waals surface area (Å²) in [6.07, 6.45) is 1.10. The summed E-state index contributed by atoms with van der Waals surface area (Å²) in [6, 6.07) is 11.8. The highest BCUT2D eigenvalue weighted by Gasteiger charge is 2.09. The van der Waals surface area contributed by atoms with E-state index in [1.165, 1.54) is 30.3 Å². The summed E-state index contributed by atoms with van der Waals surface area (Å²) < 4.78 is 41.5. The molecule has 0 fully saturated rings. The Balaban J connectivity index is 2.21. The van der Waals surface area contributed by atoms with Crippen molar-refractivity contribution >= 4 is 9.84 Å². The lowest BCUT2D eigenvalue weighted by Crippen LogP contribution is -2.01. The Morgan fingerprint density at radius 1 is 1.24 bits per heavy atom. The number of nitriles is 1. The van der Waals surface area contributed by atoms with Crippen LogP contribution in [-0.4, -0.2) is 14.7 Å². The van der Waals surface area contributed by atoms with Crippen LogP contribution in [0.5, 0.6) is 5.75 Å². The minimum atomic E-state index is -3.32. The fraction of sp³-hybridized carbons (Fsp3) is 0.133. The second-order valence-electron chi connectivity index (χ2n) is 4.45. The molecule has 2 rings (SSSR count). The van der Waals surface area contributed by atoms with Crippen molar-refractivity contribution in [1.29, 1.82) is 5.26 Å². The van der Waals surface area contributed by atoms with Crippen molar-refractivity contribution in [2.75, 3.05) is 6.26 Å². The average molecular weight is 305 g/mol. The van der Waals surface area contributed by atoms with Crippen LogP contribution in [0.15, 0.2) is 47.4 Å². The van der Waals surface area contributed by atoms with Crippen LogP contribution in [-0.2, 0) is 16.4 Å². The molecule has 0 amide bonds. The van der Waals surface area contributed by atoms with Gasteiger partial charge in [-0.25, -0.2) is 12.8 Å². The molecule has 0 aliphatic heterocycles. The molecule has 2 aromatic carbocycles. The van der Waals surface area contributed by atoms with Crippen molar-refractivity contribution in [1.82, 2.24) is 0 Å². The van der Waals surface area contributed by atoms with Gasteiger partial charge in [0, 0.05) is 11.8 Å². The number of rotatable bonds is 4. The monoisotopic (exact) mass is 305 g/mol. The van der Waals surface area contributed by atoms with Gasteiger partial charge in [0.2, 0.25) is 0 Å². The topological polar surface area (TPSA) is 67.2 Å². The van der Waals surface area contributed by atoms with Gasteiger partial charge in [-0.3, -0.25) is 0 Å². The lowest BCUT2D eigenvalue weighted by molar-refractivity contribution is 0.304. The van der Waals surface area contributed by atoms with E-state index in [1.807, 2.05) is 6.07 Å². The second-order valence-corrected chi connectivity index (χ2v) is 6.46. The van der Waals surface area contributed by atoms with Crippen LogP contribution in [0.3, 0.4) is 0 Å². The molecule has 0 N–H and O–H groups in total. The first-order valence-corrected chi connectivity index (χ1v) is 7.91. The molecule has 0 aliphatic rings. The zero-order chi connectivity index (χ0) is 15.5. The highest BCUT2D eigenvalue weighted by atomic mass is 32.2. The van der Waals surface area contributed by atoms with Crippen LogP contribution in [0.1, 0.15) is 11.1 Å². The molecule has 2 aromatic rings. The summed E-state index contributed by atoms with van der Waals surface area (Å²) in [5.41, 5.74) is 0.720. The molecule has 0 radical (unpaired) electrons. The Hall–Kier alpha value is -2.39. The molecule has 0 atom stereocenters. The van der Waals surface area contributed by atoms with Crippen molar-refractivity contribution in [2.24, 2.45) is 0 Å². The molecule has 0 heterocycles. The SMILES string of the molecule is CS(=O)(=O)c1cccc(OCc2cc(F)ccc2C#N)c1. The van der Waals surface area contributed by atoms with Crippen LogP contribution in [0.25, 0.3) is 0 Å². The van der Waals surface area contributed by atoms with E-state index in [4.69, 9.17) is 10.00 Å². The molecule has 0 saturated heterocycles. The number of sulfone groups is 1. The molecule has 0 spiro atoms. The van der Waals surface area contributed by atoms with E-state index in [0.717, 1.165) is 6.26 Å². The van der Waals surface area contributed by atoms with Crippen molar-refractivity contribution < 1.29 is 17.5 Å². The molecular weight excluding hydrogens is 293 g/mol. The summed E-state index contributed by atoms with van der Waals surface area (Å²) in [5, 5.41) is 8.95. The van der Waals surface area contributed by atoms with Gasteiger partial charge < -0.3 is 4.74 Å². The summed E-state index contributed by atoms with van der Waals surface area (Å²) in [6.45, 7) is -0.0200. The van der Waals surface area contributed by atoms with Gasteiger partial charge in [0.1, 0.15) is 18.2 Å².